The summed E-state index contributed by atoms with van der Waals surface area (Å²) in [4.78, 5) is 34.1. The summed E-state index contributed by atoms with van der Waals surface area (Å²) in [5, 5.41) is 17.2. The number of nitro benzene ring substituents is 1. The molecule has 134 valence electrons. The summed E-state index contributed by atoms with van der Waals surface area (Å²) in [6, 6.07) is 12.8. The summed E-state index contributed by atoms with van der Waals surface area (Å²) < 4.78 is 0.623. The van der Waals surface area contributed by atoms with Crippen LogP contribution in [0.3, 0.4) is 0 Å². The molecule has 0 atom stereocenters. The van der Waals surface area contributed by atoms with Gasteiger partial charge in [-0.1, -0.05) is 24.3 Å². The Bertz CT molecular complexity index is 883. The molecule has 2 amide bonds. The number of hydrazone groups is 1. The standard InChI is InChI=1S/C17H15BrN4O4/c1-11(12-5-4-6-13(9-12)22(25)26)20-21-16(23)10-19-17(24)14-7-2-3-8-15(14)18/h2-9H,10H2,1H3,(H,19,24)(H,21,23). The highest BCUT2D eigenvalue weighted by atomic mass is 79.9. The van der Waals surface area contributed by atoms with Gasteiger partial charge in [-0.3, -0.25) is 19.7 Å². The van der Waals surface area contributed by atoms with Crippen LogP contribution in [0, 0.1) is 10.1 Å². The number of hydrogen-bond donors (Lipinski definition) is 2. The van der Waals surface area contributed by atoms with Gasteiger partial charge in [0.25, 0.3) is 17.5 Å². The molecule has 0 aromatic heterocycles. The number of carbonyl (C=O) groups excluding carboxylic acids is 2. The third-order valence-electron chi connectivity index (χ3n) is 3.35. The molecule has 0 spiro atoms. The second-order valence-electron chi connectivity index (χ2n) is 5.20. The van der Waals surface area contributed by atoms with Crippen molar-refractivity contribution in [2.24, 2.45) is 5.10 Å². The van der Waals surface area contributed by atoms with Crippen LogP contribution in [-0.2, 0) is 4.79 Å². The monoisotopic (exact) mass is 418 g/mol. The molecule has 0 unspecified atom stereocenters. The van der Waals surface area contributed by atoms with Crippen LogP contribution < -0.4 is 10.7 Å². The summed E-state index contributed by atoms with van der Waals surface area (Å²) in [5.41, 5.74) is 3.56. The molecule has 0 aliphatic rings. The van der Waals surface area contributed by atoms with Crippen LogP contribution in [0.5, 0.6) is 0 Å². The van der Waals surface area contributed by atoms with E-state index in [1.807, 2.05) is 0 Å². The van der Waals surface area contributed by atoms with Crippen molar-refractivity contribution >= 4 is 39.1 Å². The first-order chi connectivity index (χ1) is 12.4. The van der Waals surface area contributed by atoms with E-state index in [0.29, 0.717) is 21.3 Å². The zero-order valence-electron chi connectivity index (χ0n) is 13.7. The van der Waals surface area contributed by atoms with Crippen LogP contribution >= 0.6 is 15.9 Å². The molecular formula is C17H15BrN4O4. The minimum Gasteiger partial charge on any atom is -0.343 e. The van der Waals surface area contributed by atoms with E-state index in [1.165, 1.54) is 18.2 Å². The molecule has 0 aliphatic carbocycles. The van der Waals surface area contributed by atoms with Gasteiger partial charge < -0.3 is 5.32 Å². The second kappa shape index (κ2) is 8.86. The molecular weight excluding hydrogens is 404 g/mol. The number of hydrogen-bond acceptors (Lipinski definition) is 5. The summed E-state index contributed by atoms with van der Waals surface area (Å²) in [7, 11) is 0. The van der Waals surface area contributed by atoms with E-state index >= 15 is 0 Å². The van der Waals surface area contributed by atoms with E-state index in [4.69, 9.17) is 0 Å². The lowest BCUT2D eigenvalue weighted by Crippen LogP contribution is -2.35. The van der Waals surface area contributed by atoms with Crippen molar-refractivity contribution < 1.29 is 14.5 Å². The van der Waals surface area contributed by atoms with E-state index in [1.54, 1.807) is 37.3 Å². The Morgan fingerprint density at radius 2 is 1.92 bits per heavy atom. The van der Waals surface area contributed by atoms with E-state index < -0.39 is 16.7 Å². The molecule has 2 aromatic rings. The zero-order valence-corrected chi connectivity index (χ0v) is 15.3. The normalized spacial score (nSPS) is 10.9. The highest BCUT2D eigenvalue weighted by Crippen LogP contribution is 2.15. The minimum absolute atomic E-state index is 0.0657. The first kappa shape index (κ1) is 19.3. The van der Waals surface area contributed by atoms with Gasteiger partial charge in [0.15, 0.2) is 0 Å². The van der Waals surface area contributed by atoms with Crippen LogP contribution in [0.2, 0.25) is 0 Å². The Labute approximate surface area is 157 Å². The molecule has 0 aliphatic heterocycles. The first-order valence-corrected chi connectivity index (χ1v) is 8.28. The number of amides is 2. The van der Waals surface area contributed by atoms with Crippen LogP contribution in [0.25, 0.3) is 0 Å². The molecule has 0 heterocycles. The van der Waals surface area contributed by atoms with Gasteiger partial charge >= 0.3 is 0 Å². The van der Waals surface area contributed by atoms with E-state index in [9.17, 15) is 19.7 Å². The predicted octanol–water partition coefficient (Wildman–Crippen LogP) is 2.63. The van der Waals surface area contributed by atoms with E-state index in [2.05, 4.69) is 31.8 Å². The fourth-order valence-electron chi connectivity index (χ4n) is 2.00. The van der Waals surface area contributed by atoms with Crippen LogP contribution in [0.4, 0.5) is 5.69 Å². The fraction of sp³-hybridized carbons (Fsp3) is 0.118. The number of halogens is 1. The van der Waals surface area contributed by atoms with Crippen molar-refractivity contribution in [2.45, 2.75) is 6.92 Å². The summed E-state index contributed by atoms with van der Waals surface area (Å²) in [6.07, 6.45) is 0. The Hall–Kier alpha value is -3.07. The number of carbonyl (C=O) groups is 2. The second-order valence-corrected chi connectivity index (χ2v) is 6.06. The predicted molar refractivity (Wildman–Crippen MR) is 99.9 cm³/mol. The molecule has 0 fully saturated rings. The Morgan fingerprint density at radius 1 is 1.19 bits per heavy atom. The highest BCUT2D eigenvalue weighted by Gasteiger charge is 2.11. The molecule has 2 N–H and O–H groups in total. The van der Waals surface area contributed by atoms with Crippen molar-refractivity contribution in [2.75, 3.05) is 6.54 Å². The topological polar surface area (TPSA) is 114 Å². The molecule has 0 saturated heterocycles. The van der Waals surface area contributed by atoms with Gasteiger partial charge in [0.05, 0.1) is 22.7 Å². The van der Waals surface area contributed by atoms with Gasteiger partial charge in [0.1, 0.15) is 0 Å². The minimum atomic E-state index is -0.518. The smallest absolute Gasteiger partial charge is 0.270 e. The number of rotatable bonds is 6. The maximum atomic E-state index is 12.0. The third kappa shape index (κ3) is 5.21. The van der Waals surface area contributed by atoms with Gasteiger partial charge in [-0.25, -0.2) is 5.43 Å². The molecule has 2 rings (SSSR count). The Morgan fingerprint density at radius 3 is 2.62 bits per heavy atom. The lowest BCUT2D eigenvalue weighted by molar-refractivity contribution is -0.384. The lowest BCUT2D eigenvalue weighted by atomic mass is 10.1. The van der Waals surface area contributed by atoms with Gasteiger partial charge in [-0.2, -0.15) is 5.10 Å². The summed E-state index contributed by atoms with van der Waals surface area (Å²) in [6.45, 7) is 1.35. The molecule has 26 heavy (non-hydrogen) atoms. The maximum absolute atomic E-state index is 12.0. The summed E-state index contributed by atoms with van der Waals surface area (Å²) in [5.74, 6) is -0.915. The highest BCUT2D eigenvalue weighted by molar-refractivity contribution is 9.10. The van der Waals surface area contributed by atoms with Crippen LogP contribution in [0.1, 0.15) is 22.8 Å². The number of nitrogens with one attached hydrogen (secondary N) is 2. The molecule has 0 bridgehead atoms. The summed E-state index contributed by atoms with van der Waals surface area (Å²) >= 11 is 3.26. The van der Waals surface area contributed by atoms with Crippen LogP contribution in [0.15, 0.2) is 58.1 Å². The molecule has 9 heteroatoms. The fourth-order valence-corrected chi connectivity index (χ4v) is 2.46. The molecule has 0 radical (unpaired) electrons. The number of nitro groups is 1. The van der Waals surface area contributed by atoms with Gasteiger partial charge in [-0.15, -0.1) is 0 Å². The molecule has 8 nitrogen and oxygen atoms in total. The van der Waals surface area contributed by atoms with Crippen molar-refractivity contribution in [3.63, 3.8) is 0 Å². The Kier molecular flexibility index (Phi) is 6.56. The van der Waals surface area contributed by atoms with Gasteiger partial charge in [0.2, 0.25) is 0 Å². The SMILES string of the molecule is CC(=NNC(=O)CNC(=O)c1ccccc1Br)c1cccc([N+](=O)[O-])c1. The van der Waals surface area contributed by atoms with Crippen molar-refractivity contribution in [3.05, 3.63) is 74.2 Å². The largest absolute Gasteiger partial charge is 0.343 e. The molecule has 0 saturated carbocycles. The average Bonchev–Trinajstić information content (AvgIpc) is 2.64. The van der Waals surface area contributed by atoms with Gasteiger partial charge in [0, 0.05) is 22.2 Å². The van der Waals surface area contributed by atoms with Crippen LogP contribution in [-0.4, -0.2) is 29.0 Å². The van der Waals surface area contributed by atoms with Crippen molar-refractivity contribution in [1.29, 1.82) is 0 Å². The Balaban J connectivity index is 1.92. The van der Waals surface area contributed by atoms with Crippen molar-refractivity contribution in [1.82, 2.24) is 10.7 Å². The zero-order chi connectivity index (χ0) is 19.1. The van der Waals surface area contributed by atoms with Gasteiger partial charge in [-0.05, 0) is 35.0 Å². The van der Waals surface area contributed by atoms with Crippen molar-refractivity contribution in [3.8, 4) is 0 Å². The number of non-ortho nitro benzene ring substituents is 1. The third-order valence-corrected chi connectivity index (χ3v) is 4.04. The average molecular weight is 419 g/mol. The maximum Gasteiger partial charge on any atom is 0.270 e. The number of nitrogens with zero attached hydrogens (tertiary/aromatic N) is 2. The van der Waals surface area contributed by atoms with E-state index in [0.717, 1.165) is 0 Å². The quantitative estimate of drug-likeness (QED) is 0.426. The lowest BCUT2D eigenvalue weighted by Gasteiger charge is -2.06. The number of benzene rings is 2. The first-order valence-electron chi connectivity index (χ1n) is 7.49. The molecule has 2 aromatic carbocycles. The van der Waals surface area contributed by atoms with E-state index in [-0.39, 0.29) is 12.2 Å².